The molecule has 0 amide bonds. The fourth-order valence-corrected chi connectivity index (χ4v) is 2.78. The van der Waals surface area contributed by atoms with E-state index in [0.29, 0.717) is 5.57 Å². The summed E-state index contributed by atoms with van der Waals surface area (Å²) < 4.78 is 11.3. The molecule has 2 aromatic rings. The van der Waals surface area contributed by atoms with Crippen molar-refractivity contribution in [1.82, 2.24) is 0 Å². The fraction of sp³-hybridized carbons (Fsp3) is 0.400. The van der Waals surface area contributed by atoms with Crippen LogP contribution >= 0.6 is 0 Å². The molecule has 0 atom stereocenters. The third kappa shape index (κ3) is 1.62. The van der Waals surface area contributed by atoms with Crippen LogP contribution in [0.5, 0.6) is 0 Å². The van der Waals surface area contributed by atoms with Gasteiger partial charge < -0.3 is 9.15 Å². The van der Waals surface area contributed by atoms with Crippen LogP contribution in [0.1, 0.15) is 38.2 Å². The number of ether oxygens (including phenoxy) is 1. The van der Waals surface area contributed by atoms with Gasteiger partial charge in [-0.3, -0.25) is 0 Å². The lowest BCUT2D eigenvalue weighted by Gasteiger charge is -2.28. The summed E-state index contributed by atoms with van der Waals surface area (Å²) >= 11 is 0. The standard InChI is InChI=1S/C15H16O3/c1-10(2)14(16)18-15(7-3-4-8-15)12-9-11-5-6-13(12)17-11/h5-6,9H,1,3-4,7-8H2,2H3. The second-order valence-electron chi connectivity index (χ2n) is 5.13. The molecule has 0 N–H and O–H groups in total. The zero-order valence-corrected chi connectivity index (χ0v) is 10.5. The summed E-state index contributed by atoms with van der Waals surface area (Å²) in [6.07, 6.45) is 3.89. The van der Waals surface area contributed by atoms with E-state index in [1.54, 1.807) is 6.92 Å². The van der Waals surface area contributed by atoms with Crippen molar-refractivity contribution < 1.29 is 13.9 Å². The molecule has 0 saturated heterocycles. The summed E-state index contributed by atoms with van der Waals surface area (Å²) in [7, 11) is 0. The summed E-state index contributed by atoms with van der Waals surface area (Å²) in [5, 5.41) is 0. The number of furan rings is 2. The van der Waals surface area contributed by atoms with Gasteiger partial charge in [0.15, 0.2) is 0 Å². The first kappa shape index (κ1) is 11.3. The smallest absolute Gasteiger partial charge is 0.334 e. The summed E-state index contributed by atoms with van der Waals surface area (Å²) in [6, 6.07) is 5.87. The molecule has 0 radical (unpaired) electrons. The van der Waals surface area contributed by atoms with E-state index in [1.807, 2.05) is 18.2 Å². The van der Waals surface area contributed by atoms with Gasteiger partial charge in [-0.25, -0.2) is 4.79 Å². The lowest BCUT2D eigenvalue weighted by Crippen LogP contribution is -2.29. The highest BCUT2D eigenvalue weighted by molar-refractivity contribution is 5.87. The number of hydrogen-bond donors (Lipinski definition) is 0. The Hall–Kier alpha value is -1.77. The Labute approximate surface area is 106 Å². The van der Waals surface area contributed by atoms with Crippen molar-refractivity contribution >= 4 is 17.1 Å². The summed E-state index contributed by atoms with van der Waals surface area (Å²) in [6.45, 7) is 5.33. The Bertz CT molecular complexity index is 587. The molecular weight excluding hydrogens is 228 g/mol. The molecule has 3 heteroatoms. The number of benzene rings is 1. The molecule has 0 unspecified atom stereocenters. The number of esters is 1. The average Bonchev–Trinajstić information content (AvgIpc) is 3.04. The van der Waals surface area contributed by atoms with Gasteiger partial charge in [-0.1, -0.05) is 6.58 Å². The summed E-state index contributed by atoms with van der Waals surface area (Å²) in [5.74, 6) is -0.310. The molecule has 0 spiro atoms. The molecule has 3 nitrogen and oxygen atoms in total. The lowest BCUT2D eigenvalue weighted by atomic mass is 9.91. The van der Waals surface area contributed by atoms with Crippen LogP contribution in [-0.2, 0) is 15.1 Å². The number of carbonyl (C=O) groups excluding carboxylic acids is 1. The van der Waals surface area contributed by atoms with Crippen LogP contribution < -0.4 is 0 Å². The number of fused-ring (bicyclic) bond motifs is 2. The molecular formula is C15H16O3. The maximum Gasteiger partial charge on any atom is 0.334 e. The van der Waals surface area contributed by atoms with Crippen LogP contribution in [0.25, 0.3) is 11.2 Å². The average molecular weight is 244 g/mol. The van der Waals surface area contributed by atoms with Gasteiger partial charge in [0, 0.05) is 11.1 Å². The van der Waals surface area contributed by atoms with Crippen LogP contribution in [0.4, 0.5) is 0 Å². The van der Waals surface area contributed by atoms with Gasteiger partial charge in [0.25, 0.3) is 0 Å². The van der Waals surface area contributed by atoms with Crippen LogP contribution in [0.2, 0.25) is 0 Å². The van der Waals surface area contributed by atoms with Crippen molar-refractivity contribution in [2.45, 2.75) is 38.2 Å². The minimum Gasteiger partial charge on any atom is -0.457 e. The van der Waals surface area contributed by atoms with Crippen LogP contribution in [0.3, 0.4) is 0 Å². The van der Waals surface area contributed by atoms with E-state index in [9.17, 15) is 4.79 Å². The number of carbonyl (C=O) groups is 1. The molecule has 18 heavy (non-hydrogen) atoms. The molecule has 3 rings (SSSR count). The van der Waals surface area contributed by atoms with E-state index < -0.39 is 5.60 Å². The minimum absolute atomic E-state index is 0.310. The Kier molecular flexibility index (Phi) is 2.44. The first-order valence-corrected chi connectivity index (χ1v) is 6.32. The van der Waals surface area contributed by atoms with E-state index >= 15 is 0 Å². The molecule has 1 aliphatic rings. The predicted molar refractivity (Wildman–Crippen MR) is 68.5 cm³/mol. The predicted octanol–water partition coefficient (Wildman–Crippen LogP) is 3.76. The van der Waals surface area contributed by atoms with Gasteiger partial charge in [-0.15, -0.1) is 0 Å². The summed E-state index contributed by atoms with van der Waals surface area (Å²) in [4.78, 5) is 11.8. The summed E-state index contributed by atoms with van der Waals surface area (Å²) in [5.41, 5.74) is 2.64. The van der Waals surface area contributed by atoms with E-state index in [2.05, 4.69) is 6.58 Å². The molecule has 2 aromatic heterocycles. The molecule has 0 aromatic carbocycles. The quantitative estimate of drug-likeness (QED) is 0.609. The Balaban J connectivity index is 1.98. The van der Waals surface area contributed by atoms with E-state index in [0.717, 1.165) is 42.4 Å². The van der Waals surface area contributed by atoms with Crippen molar-refractivity contribution in [2.75, 3.05) is 0 Å². The molecule has 0 aliphatic heterocycles. The molecule has 2 bridgehead atoms. The first-order chi connectivity index (χ1) is 8.61. The van der Waals surface area contributed by atoms with Gasteiger partial charge in [0.2, 0.25) is 0 Å². The van der Waals surface area contributed by atoms with Gasteiger partial charge in [-0.05, 0) is 50.8 Å². The van der Waals surface area contributed by atoms with E-state index in [4.69, 9.17) is 9.15 Å². The monoisotopic (exact) mass is 244 g/mol. The van der Waals surface area contributed by atoms with Crippen molar-refractivity contribution in [2.24, 2.45) is 0 Å². The number of rotatable bonds is 3. The van der Waals surface area contributed by atoms with Gasteiger partial charge in [0.1, 0.15) is 16.8 Å². The third-order valence-electron chi connectivity index (χ3n) is 3.72. The van der Waals surface area contributed by atoms with Crippen LogP contribution in [0, 0.1) is 0 Å². The minimum atomic E-state index is -0.502. The first-order valence-electron chi connectivity index (χ1n) is 6.32. The maximum atomic E-state index is 11.8. The van der Waals surface area contributed by atoms with Crippen LogP contribution in [0.15, 0.2) is 34.8 Å². The maximum absolute atomic E-state index is 11.8. The van der Waals surface area contributed by atoms with Crippen molar-refractivity contribution in [3.8, 4) is 0 Å². The highest BCUT2D eigenvalue weighted by atomic mass is 16.6. The van der Waals surface area contributed by atoms with E-state index in [-0.39, 0.29) is 5.97 Å². The Morgan fingerprint density at radius 2 is 2.11 bits per heavy atom. The van der Waals surface area contributed by atoms with Gasteiger partial charge in [-0.2, -0.15) is 0 Å². The second kappa shape index (κ2) is 3.87. The zero-order valence-electron chi connectivity index (χ0n) is 10.5. The zero-order chi connectivity index (χ0) is 12.8. The molecule has 1 aliphatic carbocycles. The Morgan fingerprint density at radius 1 is 1.39 bits per heavy atom. The highest BCUT2D eigenvalue weighted by Crippen LogP contribution is 2.46. The second-order valence-corrected chi connectivity index (χ2v) is 5.13. The molecule has 2 heterocycles. The molecule has 1 fully saturated rings. The normalized spacial score (nSPS) is 18.3. The SMILES string of the molecule is C=C(C)C(=O)OC1(c2cc3ccc2o3)CCCC1. The highest BCUT2D eigenvalue weighted by Gasteiger charge is 2.42. The van der Waals surface area contributed by atoms with Crippen molar-refractivity contribution in [3.63, 3.8) is 0 Å². The van der Waals surface area contributed by atoms with Gasteiger partial charge in [0.05, 0.1) is 0 Å². The number of hydrogen-bond acceptors (Lipinski definition) is 3. The van der Waals surface area contributed by atoms with Crippen molar-refractivity contribution in [1.29, 1.82) is 0 Å². The van der Waals surface area contributed by atoms with Crippen molar-refractivity contribution in [3.05, 3.63) is 35.9 Å². The van der Waals surface area contributed by atoms with E-state index in [1.165, 1.54) is 0 Å². The molecule has 1 saturated carbocycles. The van der Waals surface area contributed by atoms with Gasteiger partial charge >= 0.3 is 5.97 Å². The largest absolute Gasteiger partial charge is 0.457 e. The molecule has 94 valence electrons. The lowest BCUT2D eigenvalue weighted by molar-refractivity contribution is -0.155. The third-order valence-corrected chi connectivity index (χ3v) is 3.72. The Morgan fingerprint density at radius 3 is 2.61 bits per heavy atom. The van der Waals surface area contributed by atoms with Crippen LogP contribution in [-0.4, -0.2) is 5.97 Å². The fourth-order valence-electron chi connectivity index (χ4n) is 2.78. The topological polar surface area (TPSA) is 39.4 Å².